The molecule has 0 atom stereocenters. The van der Waals surface area contributed by atoms with Crippen LogP contribution in [-0.4, -0.2) is 42.1 Å². The summed E-state index contributed by atoms with van der Waals surface area (Å²) in [6, 6.07) is 7.53. The third kappa shape index (κ3) is 6.87. The minimum absolute atomic E-state index is 0.00483. The predicted octanol–water partition coefficient (Wildman–Crippen LogP) is 2.81. The number of likely N-dealkylation sites (N-methyl/N-ethyl adjacent to an activating group) is 2. The molecule has 116 valence electrons. The maximum absolute atomic E-state index is 12.1. The van der Waals surface area contributed by atoms with E-state index >= 15 is 0 Å². The lowest BCUT2D eigenvalue weighted by Crippen LogP contribution is -2.40. The Kier molecular flexibility index (Phi) is 8.23. The Labute approximate surface area is 135 Å². The Bertz CT molecular complexity index is 465. The van der Waals surface area contributed by atoms with E-state index in [1.54, 1.807) is 16.7 Å². The van der Waals surface area contributed by atoms with Crippen LogP contribution in [0.15, 0.2) is 29.2 Å². The molecule has 0 saturated heterocycles. The minimum Gasteiger partial charge on any atom is -0.355 e. The number of carbonyl (C=O) groups excluding carboxylic acids is 2. The molecule has 1 aromatic rings. The molecular formula is C15H21ClN2O2S. The maximum Gasteiger partial charge on any atom is 0.239 e. The molecule has 0 aliphatic carbocycles. The van der Waals surface area contributed by atoms with Crippen LogP contribution < -0.4 is 5.32 Å². The fourth-order valence-electron chi connectivity index (χ4n) is 1.75. The van der Waals surface area contributed by atoms with E-state index in [1.807, 2.05) is 38.1 Å². The van der Waals surface area contributed by atoms with Crippen molar-refractivity contribution in [3.05, 3.63) is 29.3 Å². The van der Waals surface area contributed by atoms with Gasteiger partial charge >= 0.3 is 0 Å². The first kappa shape index (κ1) is 17.9. The normalized spacial score (nSPS) is 10.2. The van der Waals surface area contributed by atoms with Gasteiger partial charge in [-0.1, -0.05) is 11.6 Å². The molecule has 1 N–H and O–H groups in total. The summed E-state index contributed by atoms with van der Waals surface area (Å²) in [6.07, 6.45) is 0.417. The molecule has 0 radical (unpaired) electrons. The van der Waals surface area contributed by atoms with Gasteiger partial charge in [0.25, 0.3) is 0 Å². The Balaban J connectivity index is 2.36. The molecule has 0 aromatic heterocycles. The first-order chi connectivity index (χ1) is 10.1. The van der Waals surface area contributed by atoms with Crippen LogP contribution in [0.4, 0.5) is 0 Å². The standard InChI is InChI=1S/C15H21ClN2O2S/c1-3-17-14(19)11-18(4-2)15(20)9-10-21-13-7-5-12(16)6-8-13/h5-8H,3-4,9-11H2,1-2H3,(H,17,19). The van der Waals surface area contributed by atoms with Crippen LogP contribution in [0.1, 0.15) is 20.3 Å². The maximum atomic E-state index is 12.1. The van der Waals surface area contributed by atoms with Gasteiger partial charge in [-0.15, -0.1) is 11.8 Å². The Morgan fingerprint density at radius 2 is 1.90 bits per heavy atom. The van der Waals surface area contributed by atoms with Crippen molar-refractivity contribution >= 4 is 35.2 Å². The van der Waals surface area contributed by atoms with Crippen molar-refractivity contribution in [1.29, 1.82) is 0 Å². The summed E-state index contributed by atoms with van der Waals surface area (Å²) in [4.78, 5) is 26.3. The number of benzene rings is 1. The second kappa shape index (κ2) is 9.68. The van der Waals surface area contributed by atoms with E-state index in [0.29, 0.717) is 30.3 Å². The highest BCUT2D eigenvalue weighted by Gasteiger charge is 2.14. The van der Waals surface area contributed by atoms with Gasteiger partial charge in [-0.2, -0.15) is 0 Å². The van der Waals surface area contributed by atoms with Gasteiger partial charge in [0.15, 0.2) is 0 Å². The van der Waals surface area contributed by atoms with Crippen LogP contribution in [0, 0.1) is 0 Å². The molecular weight excluding hydrogens is 308 g/mol. The average molecular weight is 329 g/mol. The van der Waals surface area contributed by atoms with E-state index in [1.165, 1.54) is 0 Å². The van der Waals surface area contributed by atoms with E-state index in [-0.39, 0.29) is 18.4 Å². The number of nitrogens with one attached hydrogen (secondary N) is 1. The van der Waals surface area contributed by atoms with Crippen molar-refractivity contribution in [2.24, 2.45) is 0 Å². The smallest absolute Gasteiger partial charge is 0.239 e. The minimum atomic E-state index is -0.113. The van der Waals surface area contributed by atoms with Crippen molar-refractivity contribution in [3.63, 3.8) is 0 Å². The summed E-state index contributed by atoms with van der Waals surface area (Å²) in [6.45, 7) is 5.00. The summed E-state index contributed by atoms with van der Waals surface area (Å²) < 4.78 is 0. The van der Waals surface area contributed by atoms with Crippen LogP contribution in [0.3, 0.4) is 0 Å². The molecule has 0 heterocycles. The first-order valence-corrected chi connectivity index (χ1v) is 8.36. The van der Waals surface area contributed by atoms with Gasteiger partial charge in [0.2, 0.25) is 11.8 Å². The fourth-order valence-corrected chi connectivity index (χ4v) is 2.71. The first-order valence-electron chi connectivity index (χ1n) is 6.99. The molecule has 0 aliphatic heterocycles. The van der Waals surface area contributed by atoms with Gasteiger partial charge in [0.05, 0.1) is 6.54 Å². The highest BCUT2D eigenvalue weighted by atomic mass is 35.5. The molecule has 2 amide bonds. The number of carbonyl (C=O) groups is 2. The topological polar surface area (TPSA) is 49.4 Å². The second-order valence-electron chi connectivity index (χ2n) is 4.41. The van der Waals surface area contributed by atoms with Crippen LogP contribution >= 0.6 is 23.4 Å². The fraction of sp³-hybridized carbons (Fsp3) is 0.467. The highest BCUT2D eigenvalue weighted by Crippen LogP contribution is 2.21. The van der Waals surface area contributed by atoms with Gasteiger partial charge in [-0.25, -0.2) is 0 Å². The number of halogens is 1. The van der Waals surface area contributed by atoms with E-state index in [2.05, 4.69) is 5.32 Å². The van der Waals surface area contributed by atoms with Crippen molar-refractivity contribution in [2.45, 2.75) is 25.2 Å². The van der Waals surface area contributed by atoms with Crippen molar-refractivity contribution in [3.8, 4) is 0 Å². The Morgan fingerprint density at radius 3 is 2.48 bits per heavy atom. The van der Waals surface area contributed by atoms with E-state index in [9.17, 15) is 9.59 Å². The van der Waals surface area contributed by atoms with Crippen LogP contribution in [0.2, 0.25) is 5.02 Å². The predicted molar refractivity (Wildman–Crippen MR) is 87.7 cm³/mol. The van der Waals surface area contributed by atoms with Crippen molar-refractivity contribution < 1.29 is 9.59 Å². The molecule has 0 fully saturated rings. The summed E-state index contributed by atoms with van der Waals surface area (Å²) >= 11 is 7.43. The third-order valence-corrected chi connectivity index (χ3v) is 4.11. The Morgan fingerprint density at radius 1 is 1.24 bits per heavy atom. The molecule has 0 aliphatic rings. The quantitative estimate of drug-likeness (QED) is 0.746. The van der Waals surface area contributed by atoms with Gasteiger partial charge in [0, 0.05) is 35.2 Å². The summed E-state index contributed by atoms with van der Waals surface area (Å²) in [5.74, 6) is 0.579. The number of rotatable bonds is 8. The molecule has 1 rings (SSSR count). The number of thioether (sulfide) groups is 1. The average Bonchev–Trinajstić information content (AvgIpc) is 2.47. The molecule has 21 heavy (non-hydrogen) atoms. The van der Waals surface area contributed by atoms with Gasteiger partial charge in [-0.05, 0) is 38.1 Å². The largest absolute Gasteiger partial charge is 0.355 e. The lowest BCUT2D eigenvalue weighted by molar-refractivity contribution is -0.135. The molecule has 6 heteroatoms. The van der Waals surface area contributed by atoms with Gasteiger partial charge in [0.1, 0.15) is 0 Å². The van der Waals surface area contributed by atoms with Crippen molar-refractivity contribution in [1.82, 2.24) is 10.2 Å². The monoisotopic (exact) mass is 328 g/mol. The molecule has 0 unspecified atom stereocenters. The number of hydrogen-bond acceptors (Lipinski definition) is 3. The SMILES string of the molecule is CCNC(=O)CN(CC)C(=O)CCSc1ccc(Cl)cc1. The lowest BCUT2D eigenvalue weighted by Gasteiger charge is -2.20. The molecule has 0 saturated carbocycles. The number of amides is 2. The summed E-state index contributed by atoms with van der Waals surface area (Å²) in [5, 5.41) is 3.41. The molecule has 1 aromatic carbocycles. The van der Waals surface area contributed by atoms with E-state index in [0.717, 1.165) is 4.90 Å². The molecule has 0 bridgehead atoms. The summed E-state index contributed by atoms with van der Waals surface area (Å²) in [5.41, 5.74) is 0. The second-order valence-corrected chi connectivity index (χ2v) is 6.02. The van der Waals surface area contributed by atoms with Crippen molar-refractivity contribution in [2.75, 3.05) is 25.4 Å². The van der Waals surface area contributed by atoms with Gasteiger partial charge < -0.3 is 10.2 Å². The third-order valence-electron chi connectivity index (χ3n) is 2.84. The molecule has 4 nitrogen and oxygen atoms in total. The van der Waals surface area contributed by atoms with Gasteiger partial charge in [-0.3, -0.25) is 9.59 Å². The van der Waals surface area contributed by atoms with Crippen LogP contribution in [0.5, 0.6) is 0 Å². The zero-order valence-corrected chi connectivity index (χ0v) is 14.0. The number of nitrogens with zero attached hydrogens (tertiary/aromatic N) is 1. The highest BCUT2D eigenvalue weighted by molar-refractivity contribution is 7.99. The zero-order valence-electron chi connectivity index (χ0n) is 12.4. The molecule has 0 spiro atoms. The summed E-state index contributed by atoms with van der Waals surface area (Å²) in [7, 11) is 0. The van der Waals surface area contributed by atoms with Crippen LogP contribution in [-0.2, 0) is 9.59 Å². The van der Waals surface area contributed by atoms with E-state index < -0.39 is 0 Å². The lowest BCUT2D eigenvalue weighted by atomic mass is 10.3. The number of hydrogen-bond donors (Lipinski definition) is 1. The Hall–Kier alpha value is -1.20. The van der Waals surface area contributed by atoms with Crippen LogP contribution in [0.25, 0.3) is 0 Å². The van der Waals surface area contributed by atoms with E-state index in [4.69, 9.17) is 11.6 Å². The zero-order chi connectivity index (χ0) is 15.7.